The maximum Gasteiger partial charge on any atom is 0.172 e. The molecule has 2 heterocycles. The molecular weight excluding hydrogens is 414 g/mol. The third-order valence-corrected chi connectivity index (χ3v) is 5.05. The molecule has 0 unspecified atom stereocenters. The van der Waals surface area contributed by atoms with Crippen LogP contribution in [-0.4, -0.2) is 9.97 Å². The molecular formula is C14H6BrCl3N2S. The van der Waals surface area contributed by atoms with Crippen LogP contribution in [0, 0.1) is 0 Å². The lowest BCUT2D eigenvalue weighted by atomic mass is 10.1. The number of nitrogens with zero attached hydrogens (tertiary/aromatic N) is 2. The average molecular weight is 421 g/mol. The Balaban J connectivity index is 2.10. The fraction of sp³-hybridized carbons (Fsp3) is 0. The first-order valence-corrected chi connectivity index (χ1v) is 8.53. The van der Waals surface area contributed by atoms with Crippen molar-refractivity contribution >= 4 is 62.1 Å². The van der Waals surface area contributed by atoms with Gasteiger partial charge in [-0.25, -0.2) is 9.97 Å². The smallest absolute Gasteiger partial charge is 0.172 e. The molecule has 0 N–H and O–H groups in total. The van der Waals surface area contributed by atoms with Gasteiger partial charge in [0.25, 0.3) is 0 Å². The molecule has 0 saturated heterocycles. The van der Waals surface area contributed by atoms with Crippen molar-refractivity contribution in [3.05, 3.63) is 55.5 Å². The Morgan fingerprint density at radius 3 is 2.00 bits per heavy atom. The van der Waals surface area contributed by atoms with Gasteiger partial charge in [0.2, 0.25) is 0 Å². The third kappa shape index (κ3) is 3.25. The van der Waals surface area contributed by atoms with Gasteiger partial charge in [-0.2, -0.15) is 0 Å². The van der Waals surface area contributed by atoms with E-state index in [0.717, 1.165) is 14.9 Å². The number of hydrogen-bond donors (Lipinski definition) is 0. The van der Waals surface area contributed by atoms with E-state index in [1.165, 1.54) is 11.3 Å². The molecule has 1 aromatic carbocycles. The fourth-order valence-corrected chi connectivity index (χ4v) is 3.65. The van der Waals surface area contributed by atoms with Crippen molar-refractivity contribution < 1.29 is 0 Å². The predicted molar refractivity (Wildman–Crippen MR) is 93.5 cm³/mol. The van der Waals surface area contributed by atoms with Crippen LogP contribution in [0.25, 0.3) is 21.8 Å². The maximum atomic E-state index is 6.29. The standard InChI is InChI=1S/C14H6BrCl3N2S/c15-8-3-1-7(2-4-8)11-12(17)19-14(20-13(11)18)9-5-6-10(16)21-9/h1-6H. The summed E-state index contributed by atoms with van der Waals surface area (Å²) in [4.78, 5) is 9.48. The van der Waals surface area contributed by atoms with E-state index in [1.807, 2.05) is 30.3 Å². The minimum absolute atomic E-state index is 0.317. The van der Waals surface area contributed by atoms with E-state index in [-0.39, 0.29) is 0 Å². The Hall–Kier alpha value is -0.650. The second-order valence-corrected chi connectivity index (χ2v) is 7.46. The average Bonchev–Trinajstić information content (AvgIpc) is 2.87. The highest BCUT2D eigenvalue weighted by molar-refractivity contribution is 9.10. The number of halogens is 4. The second-order valence-electron chi connectivity index (χ2n) is 4.11. The van der Waals surface area contributed by atoms with Crippen molar-refractivity contribution in [3.8, 4) is 21.8 Å². The molecule has 0 radical (unpaired) electrons. The van der Waals surface area contributed by atoms with Gasteiger partial charge in [0.15, 0.2) is 5.82 Å². The minimum Gasteiger partial charge on any atom is -0.215 e. The van der Waals surface area contributed by atoms with Gasteiger partial charge in [-0.1, -0.05) is 62.9 Å². The lowest BCUT2D eigenvalue weighted by Gasteiger charge is -2.08. The number of thiophene rings is 1. The highest BCUT2D eigenvalue weighted by atomic mass is 79.9. The van der Waals surface area contributed by atoms with E-state index in [1.54, 1.807) is 6.07 Å². The van der Waals surface area contributed by atoms with Gasteiger partial charge >= 0.3 is 0 Å². The van der Waals surface area contributed by atoms with Crippen molar-refractivity contribution in [2.75, 3.05) is 0 Å². The van der Waals surface area contributed by atoms with E-state index in [0.29, 0.717) is 26.0 Å². The Morgan fingerprint density at radius 1 is 0.857 bits per heavy atom. The molecule has 0 aliphatic carbocycles. The highest BCUT2D eigenvalue weighted by Crippen LogP contribution is 2.36. The van der Waals surface area contributed by atoms with Crippen LogP contribution in [-0.2, 0) is 0 Å². The number of rotatable bonds is 2. The Bertz CT molecular complexity index is 779. The lowest BCUT2D eigenvalue weighted by molar-refractivity contribution is 1.19. The topological polar surface area (TPSA) is 25.8 Å². The van der Waals surface area contributed by atoms with Gasteiger partial charge in [0.1, 0.15) is 10.3 Å². The van der Waals surface area contributed by atoms with Crippen LogP contribution in [0.4, 0.5) is 0 Å². The van der Waals surface area contributed by atoms with Crippen LogP contribution in [0.3, 0.4) is 0 Å². The summed E-state index contributed by atoms with van der Waals surface area (Å²) in [6.45, 7) is 0. The van der Waals surface area contributed by atoms with Crippen molar-refractivity contribution in [1.29, 1.82) is 0 Å². The van der Waals surface area contributed by atoms with Gasteiger partial charge in [-0.15, -0.1) is 11.3 Å². The SMILES string of the molecule is Clc1ccc(-c2nc(Cl)c(-c3ccc(Br)cc3)c(Cl)n2)s1. The number of aromatic nitrogens is 2. The van der Waals surface area contributed by atoms with E-state index in [2.05, 4.69) is 25.9 Å². The van der Waals surface area contributed by atoms with Crippen LogP contribution in [0.5, 0.6) is 0 Å². The van der Waals surface area contributed by atoms with Crippen molar-refractivity contribution in [1.82, 2.24) is 9.97 Å². The minimum atomic E-state index is 0.317. The zero-order valence-electron chi connectivity index (χ0n) is 10.3. The Morgan fingerprint density at radius 2 is 1.48 bits per heavy atom. The summed E-state index contributed by atoms with van der Waals surface area (Å²) in [5, 5.41) is 0.633. The Kier molecular flexibility index (Phi) is 4.52. The number of benzene rings is 1. The zero-order chi connectivity index (χ0) is 15.0. The first-order valence-electron chi connectivity index (χ1n) is 5.79. The molecule has 3 rings (SSSR count). The first kappa shape index (κ1) is 15.3. The van der Waals surface area contributed by atoms with Gasteiger partial charge in [0.05, 0.1) is 14.8 Å². The molecule has 0 fully saturated rings. The van der Waals surface area contributed by atoms with E-state index < -0.39 is 0 Å². The monoisotopic (exact) mass is 418 g/mol. The summed E-state index contributed by atoms with van der Waals surface area (Å²) in [5.74, 6) is 0.475. The zero-order valence-corrected chi connectivity index (χ0v) is 14.9. The van der Waals surface area contributed by atoms with Crippen molar-refractivity contribution in [2.45, 2.75) is 0 Å². The van der Waals surface area contributed by atoms with Crippen LogP contribution in [0.1, 0.15) is 0 Å². The van der Waals surface area contributed by atoms with Gasteiger partial charge in [-0.05, 0) is 29.8 Å². The first-order chi connectivity index (χ1) is 10.0. The van der Waals surface area contributed by atoms with E-state index in [4.69, 9.17) is 34.8 Å². The lowest BCUT2D eigenvalue weighted by Crippen LogP contribution is -1.93. The third-order valence-electron chi connectivity index (χ3n) is 2.75. The van der Waals surface area contributed by atoms with E-state index in [9.17, 15) is 0 Å². The van der Waals surface area contributed by atoms with Crippen molar-refractivity contribution in [3.63, 3.8) is 0 Å². The molecule has 0 aliphatic rings. The van der Waals surface area contributed by atoms with Crippen molar-refractivity contribution in [2.24, 2.45) is 0 Å². The quantitative estimate of drug-likeness (QED) is 0.437. The molecule has 0 atom stereocenters. The van der Waals surface area contributed by atoms with Crippen LogP contribution >= 0.6 is 62.1 Å². The molecule has 0 aliphatic heterocycles. The summed E-state index contributed by atoms with van der Waals surface area (Å²) in [5.41, 5.74) is 1.49. The molecule has 0 bridgehead atoms. The Labute approximate surface area is 148 Å². The summed E-state index contributed by atoms with van der Waals surface area (Å²) in [6.07, 6.45) is 0. The summed E-state index contributed by atoms with van der Waals surface area (Å²) >= 11 is 23.3. The molecule has 0 saturated carbocycles. The van der Waals surface area contributed by atoms with Gasteiger partial charge in [-0.3, -0.25) is 0 Å². The molecule has 2 nitrogen and oxygen atoms in total. The fourth-order valence-electron chi connectivity index (χ4n) is 1.81. The summed E-state index contributed by atoms with van der Waals surface area (Å²) in [7, 11) is 0. The van der Waals surface area contributed by atoms with E-state index >= 15 is 0 Å². The highest BCUT2D eigenvalue weighted by Gasteiger charge is 2.15. The largest absolute Gasteiger partial charge is 0.215 e. The normalized spacial score (nSPS) is 10.9. The van der Waals surface area contributed by atoms with Crippen LogP contribution < -0.4 is 0 Å². The van der Waals surface area contributed by atoms with Crippen LogP contribution in [0.2, 0.25) is 14.6 Å². The summed E-state index contributed by atoms with van der Waals surface area (Å²) in [6, 6.07) is 11.3. The predicted octanol–water partition coefficient (Wildman–Crippen LogP) is 6.59. The maximum absolute atomic E-state index is 6.29. The molecule has 3 aromatic rings. The van der Waals surface area contributed by atoms with Crippen LogP contribution in [0.15, 0.2) is 40.9 Å². The molecule has 7 heteroatoms. The molecule has 0 amide bonds. The molecule has 0 spiro atoms. The second kappa shape index (κ2) is 6.23. The number of hydrogen-bond acceptors (Lipinski definition) is 3. The van der Waals surface area contributed by atoms with Gasteiger partial charge < -0.3 is 0 Å². The molecule has 106 valence electrons. The van der Waals surface area contributed by atoms with Gasteiger partial charge in [0, 0.05) is 4.47 Å². The molecule has 2 aromatic heterocycles. The summed E-state index contributed by atoms with van der Waals surface area (Å²) < 4.78 is 1.64. The molecule has 21 heavy (non-hydrogen) atoms.